The highest BCUT2D eigenvalue weighted by Crippen LogP contribution is 2.36. The number of nitrogens with zero attached hydrogens (tertiary/aromatic N) is 2. The van der Waals surface area contributed by atoms with Crippen molar-refractivity contribution in [2.75, 3.05) is 0 Å². The van der Waals surface area contributed by atoms with E-state index in [1.54, 1.807) is 5.06 Å². The highest BCUT2D eigenvalue weighted by molar-refractivity contribution is 5.81. The van der Waals surface area contributed by atoms with Gasteiger partial charge in [-0.1, -0.05) is 35.4 Å². The second kappa shape index (κ2) is 7.71. The van der Waals surface area contributed by atoms with Crippen molar-refractivity contribution >= 4 is 5.91 Å². The van der Waals surface area contributed by atoms with Crippen LogP contribution >= 0.6 is 0 Å². The lowest BCUT2D eigenvalue weighted by atomic mass is 9.79. The Bertz CT molecular complexity index is 717. The molecule has 0 bridgehead atoms. The smallest absolute Gasteiger partial charge is 0.278 e. The Kier molecular flexibility index (Phi) is 5.67. The van der Waals surface area contributed by atoms with E-state index < -0.39 is 6.04 Å². The van der Waals surface area contributed by atoms with Gasteiger partial charge in [0.2, 0.25) is 0 Å². The molecular formula is C20H31N5O3. The predicted octanol–water partition coefficient (Wildman–Crippen LogP) is 1.34. The molecule has 8 nitrogen and oxygen atoms in total. The van der Waals surface area contributed by atoms with Gasteiger partial charge in [0, 0.05) is 18.3 Å². The summed E-state index contributed by atoms with van der Waals surface area (Å²) in [6.45, 7) is 8.13. The third-order valence-corrected chi connectivity index (χ3v) is 5.53. The van der Waals surface area contributed by atoms with E-state index in [1.807, 2.05) is 58.0 Å². The first-order valence-corrected chi connectivity index (χ1v) is 9.62. The molecule has 2 heterocycles. The van der Waals surface area contributed by atoms with Crippen molar-refractivity contribution in [1.82, 2.24) is 10.4 Å². The standard InChI is InChI=1S/C20H30N5O3/c1-19(2)11-15(12-20(3,4)25(19)27)22-18(26)16(24-13-17(21)28-23-24)10-14-8-6-5-7-9-14/h5-9,13,15-16,21,24,27H,10-12H2,1-4H3,(H,22,26)/q-1/p+1. The van der Waals surface area contributed by atoms with Crippen LogP contribution in [0.3, 0.4) is 0 Å². The molecule has 0 radical (unpaired) electrons. The molecule has 8 heteroatoms. The van der Waals surface area contributed by atoms with Crippen molar-refractivity contribution < 1.29 is 19.8 Å². The molecule has 28 heavy (non-hydrogen) atoms. The monoisotopic (exact) mass is 389 g/mol. The zero-order valence-electron chi connectivity index (χ0n) is 17.0. The Hall–Kier alpha value is -2.13. The molecule has 0 saturated carbocycles. The van der Waals surface area contributed by atoms with Crippen LogP contribution < -0.4 is 10.3 Å². The van der Waals surface area contributed by atoms with Crippen LogP contribution in [0.15, 0.2) is 42.4 Å². The van der Waals surface area contributed by atoms with Gasteiger partial charge < -0.3 is 26.1 Å². The van der Waals surface area contributed by atoms with Gasteiger partial charge >= 0.3 is 0 Å². The van der Waals surface area contributed by atoms with Crippen molar-refractivity contribution in [2.45, 2.75) is 70.1 Å². The van der Waals surface area contributed by atoms with Gasteiger partial charge in [-0.2, -0.15) is 0 Å². The summed E-state index contributed by atoms with van der Waals surface area (Å²) in [4.78, 5) is 18.1. The van der Waals surface area contributed by atoms with Crippen molar-refractivity contribution in [3.05, 3.63) is 59.3 Å². The maximum atomic E-state index is 13.2. The molecule has 1 aromatic carbocycles. The van der Waals surface area contributed by atoms with E-state index in [0.717, 1.165) is 5.56 Å². The van der Waals surface area contributed by atoms with E-state index in [-0.39, 0.29) is 28.9 Å². The molecular weight excluding hydrogens is 358 g/mol. The van der Waals surface area contributed by atoms with Crippen molar-refractivity contribution in [3.8, 4) is 0 Å². The number of piperidine rings is 1. The summed E-state index contributed by atoms with van der Waals surface area (Å²) in [5.74, 6) is -0.169. The average Bonchev–Trinajstić information content (AvgIpc) is 3.04. The quantitative estimate of drug-likeness (QED) is 0.742. The summed E-state index contributed by atoms with van der Waals surface area (Å²) >= 11 is 0. The summed E-state index contributed by atoms with van der Waals surface area (Å²) in [7, 11) is 0. The summed E-state index contributed by atoms with van der Waals surface area (Å²) in [5.41, 5.74) is 11.9. The molecule has 2 aliphatic rings. The lowest BCUT2D eigenvalue weighted by Gasteiger charge is -2.48. The van der Waals surface area contributed by atoms with E-state index >= 15 is 0 Å². The molecule has 0 aromatic heterocycles. The van der Waals surface area contributed by atoms with Gasteiger partial charge in [0.15, 0.2) is 6.04 Å². The second-order valence-corrected chi connectivity index (χ2v) is 8.93. The maximum Gasteiger partial charge on any atom is 0.278 e. The topological polar surface area (TPSA) is 107 Å². The maximum absolute atomic E-state index is 13.2. The summed E-state index contributed by atoms with van der Waals surface area (Å²) in [6, 6.07) is 9.23. The van der Waals surface area contributed by atoms with E-state index in [1.165, 1.54) is 6.20 Å². The molecule has 3 rings (SSSR count). The number of hydroxylamine groups is 2. The minimum absolute atomic E-state index is 0.0280. The number of nitrogens with one attached hydrogen (secondary N) is 3. The number of rotatable bonds is 5. The fourth-order valence-corrected chi connectivity index (χ4v) is 4.32. The Morgan fingerprint density at radius 3 is 2.46 bits per heavy atom. The lowest BCUT2D eigenvalue weighted by Crippen LogP contribution is -3.08. The first-order chi connectivity index (χ1) is 13.1. The van der Waals surface area contributed by atoms with E-state index in [9.17, 15) is 4.79 Å². The van der Waals surface area contributed by atoms with Crippen LogP contribution in [0.25, 0.3) is 11.3 Å². The van der Waals surface area contributed by atoms with E-state index in [4.69, 9.17) is 15.8 Å². The molecule has 1 saturated heterocycles. The predicted molar refractivity (Wildman–Crippen MR) is 107 cm³/mol. The average molecular weight is 390 g/mol. The van der Waals surface area contributed by atoms with Crippen LogP contribution in [0.2, 0.25) is 0 Å². The molecule has 2 aliphatic heterocycles. The Morgan fingerprint density at radius 2 is 1.93 bits per heavy atom. The Labute approximate surface area is 166 Å². The molecule has 0 aliphatic carbocycles. The normalized spacial score (nSPS) is 25.6. The number of carbonyl (C=O) groups is 1. The molecule has 2 unspecified atom stereocenters. The third kappa shape index (κ3) is 4.47. The minimum Gasteiger partial charge on any atom is -0.665 e. The molecule has 2 atom stereocenters. The fraction of sp³-hybridized carbons (Fsp3) is 0.550. The second-order valence-electron chi connectivity index (χ2n) is 8.93. The van der Waals surface area contributed by atoms with Gasteiger partial charge in [-0.05, 0) is 46.1 Å². The van der Waals surface area contributed by atoms with Crippen LogP contribution in [0, 0.1) is 0 Å². The zero-order valence-corrected chi connectivity index (χ0v) is 17.0. The SMILES string of the molecule is CC1(C)CC(NC(=O)C(Cc2ccccc2)[NH+]2C=C([NH-])O[N-]2)CC(C)(C)N1[OH2+]. The first-order valence-electron chi connectivity index (χ1n) is 9.62. The van der Waals surface area contributed by atoms with Gasteiger partial charge in [-0.3, -0.25) is 10.4 Å². The van der Waals surface area contributed by atoms with Gasteiger partial charge in [-0.25, -0.2) is 0 Å². The molecule has 1 amide bonds. The number of hydrogen-bond acceptors (Lipinski definition) is 3. The van der Waals surface area contributed by atoms with Crippen LogP contribution in [-0.2, 0) is 16.1 Å². The highest BCUT2D eigenvalue weighted by Gasteiger charge is 2.49. The number of quaternary nitrogens is 1. The Balaban J connectivity index is 1.76. The van der Waals surface area contributed by atoms with Crippen LogP contribution in [0.4, 0.5) is 0 Å². The molecule has 5 N–H and O–H groups in total. The molecule has 154 valence electrons. The van der Waals surface area contributed by atoms with Crippen LogP contribution in [0.1, 0.15) is 46.1 Å². The number of amides is 1. The Morgan fingerprint density at radius 1 is 1.32 bits per heavy atom. The largest absolute Gasteiger partial charge is 0.665 e. The van der Waals surface area contributed by atoms with Crippen molar-refractivity contribution in [2.24, 2.45) is 0 Å². The first kappa shape index (κ1) is 20.6. The number of benzene rings is 1. The minimum atomic E-state index is -0.523. The highest BCUT2D eigenvalue weighted by atomic mass is 16.7. The zero-order chi connectivity index (χ0) is 20.5. The molecule has 1 fully saturated rings. The summed E-state index contributed by atoms with van der Waals surface area (Å²) in [6.07, 6.45) is 3.40. The van der Waals surface area contributed by atoms with Crippen molar-refractivity contribution in [1.29, 1.82) is 0 Å². The number of carbonyl (C=O) groups excluding carboxylic acids is 1. The summed E-state index contributed by atoms with van der Waals surface area (Å²) < 4.78 is 0. The van der Waals surface area contributed by atoms with E-state index in [0.29, 0.717) is 24.3 Å². The van der Waals surface area contributed by atoms with Gasteiger partial charge in [0.25, 0.3) is 5.91 Å². The van der Waals surface area contributed by atoms with Gasteiger partial charge in [0.05, 0.1) is 11.1 Å². The molecule has 1 aromatic rings. The van der Waals surface area contributed by atoms with E-state index in [2.05, 4.69) is 10.9 Å². The summed E-state index contributed by atoms with van der Waals surface area (Å²) in [5, 5.41) is 13.7. The van der Waals surface area contributed by atoms with Gasteiger partial charge in [-0.15, -0.1) is 0 Å². The fourth-order valence-electron chi connectivity index (χ4n) is 4.32. The van der Waals surface area contributed by atoms with Crippen LogP contribution in [-0.4, -0.2) is 39.3 Å². The van der Waals surface area contributed by atoms with Crippen molar-refractivity contribution in [3.63, 3.8) is 0 Å². The third-order valence-electron chi connectivity index (χ3n) is 5.53. The molecule has 0 spiro atoms. The van der Waals surface area contributed by atoms with Gasteiger partial charge in [0.1, 0.15) is 6.20 Å². The van der Waals surface area contributed by atoms with Crippen LogP contribution in [0.5, 0.6) is 0 Å². The number of hydrogen-bond donors (Lipinski definition) is 2. The lowest BCUT2D eigenvalue weighted by molar-refractivity contribution is -0.832.